The molecule has 2 heterocycles. The summed E-state index contributed by atoms with van der Waals surface area (Å²) >= 11 is 0. The van der Waals surface area contributed by atoms with Crippen LogP contribution < -0.4 is 0 Å². The van der Waals surface area contributed by atoms with Crippen molar-refractivity contribution in [3.05, 3.63) is 30.4 Å². The number of pyridine rings is 1. The molecule has 0 aromatic carbocycles. The summed E-state index contributed by atoms with van der Waals surface area (Å²) in [6.45, 7) is 0.378. The van der Waals surface area contributed by atoms with Crippen LogP contribution in [0.2, 0.25) is 0 Å². The average molecular weight is 358 g/mol. The van der Waals surface area contributed by atoms with Crippen molar-refractivity contribution in [2.45, 2.75) is 44.6 Å². The molecule has 0 spiro atoms. The van der Waals surface area contributed by atoms with Crippen LogP contribution in [0.15, 0.2) is 24.7 Å². The zero-order valence-electron chi connectivity index (χ0n) is 15.4. The summed E-state index contributed by atoms with van der Waals surface area (Å²) < 4.78 is 7.38. The predicted molar refractivity (Wildman–Crippen MR) is 97.8 cm³/mol. The minimum atomic E-state index is -0.234. The highest BCUT2D eigenvalue weighted by Gasteiger charge is 2.24. The van der Waals surface area contributed by atoms with Crippen molar-refractivity contribution in [1.29, 1.82) is 0 Å². The van der Waals surface area contributed by atoms with Crippen LogP contribution in [-0.4, -0.2) is 50.3 Å². The number of imidazole rings is 1. The van der Waals surface area contributed by atoms with Gasteiger partial charge in [0.25, 0.3) is 0 Å². The van der Waals surface area contributed by atoms with E-state index in [-0.39, 0.29) is 11.8 Å². The Morgan fingerprint density at radius 2 is 2.12 bits per heavy atom. The predicted octanol–water partition coefficient (Wildman–Crippen LogP) is 3.13. The van der Waals surface area contributed by atoms with Gasteiger partial charge in [-0.25, -0.2) is 9.78 Å². The zero-order chi connectivity index (χ0) is 18.5. The molecule has 0 atom stereocenters. The van der Waals surface area contributed by atoms with Crippen LogP contribution >= 0.6 is 0 Å². The zero-order valence-corrected chi connectivity index (χ0v) is 15.4. The van der Waals surface area contributed by atoms with Crippen LogP contribution in [0.1, 0.15) is 37.8 Å². The Morgan fingerprint density at radius 3 is 2.81 bits per heavy atom. The van der Waals surface area contributed by atoms with Gasteiger partial charge in [-0.3, -0.25) is 4.98 Å². The number of aryl methyl sites for hydroxylation is 1. The molecule has 1 saturated carbocycles. The summed E-state index contributed by atoms with van der Waals surface area (Å²) in [6, 6.07) is 3.67. The first-order valence-electron chi connectivity index (χ1n) is 9.11. The summed E-state index contributed by atoms with van der Waals surface area (Å²) in [5.74, 6) is 0.129. The molecule has 7 nitrogen and oxygen atoms in total. The largest absolute Gasteiger partial charge is 0.506 e. The summed E-state index contributed by atoms with van der Waals surface area (Å²) in [5, 5.41) is 9.39. The summed E-state index contributed by atoms with van der Waals surface area (Å²) in [6.07, 6.45) is 8.90. The molecule has 0 aliphatic heterocycles. The van der Waals surface area contributed by atoms with Crippen molar-refractivity contribution in [2.24, 2.45) is 7.05 Å². The molecule has 0 saturated heterocycles. The number of rotatable bonds is 6. The van der Waals surface area contributed by atoms with Gasteiger partial charge in [0.1, 0.15) is 11.4 Å². The van der Waals surface area contributed by atoms with E-state index in [9.17, 15) is 9.90 Å². The maximum Gasteiger partial charge on any atom is 0.409 e. The Balaban J connectivity index is 1.53. The second-order valence-electron chi connectivity index (χ2n) is 6.82. The average Bonchev–Trinajstić information content (AvgIpc) is 3.29. The van der Waals surface area contributed by atoms with Gasteiger partial charge in [0, 0.05) is 25.8 Å². The van der Waals surface area contributed by atoms with Gasteiger partial charge < -0.3 is 19.3 Å². The lowest BCUT2D eigenvalue weighted by molar-refractivity contribution is 0.0966. The smallest absolute Gasteiger partial charge is 0.409 e. The van der Waals surface area contributed by atoms with Crippen LogP contribution in [0.3, 0.4) is 0 Å². The monoisotopic (exact) mass is 358 g/mol. The standard InChI is InChI=1S/C19H26N4O3/c1-22-13-21-18(16-10-9-15(24)12-20-16)17(22)8-5-11-26-19(25)23(2)14-6-3-4-7-14/h9-10,12-14,24H,3-8,11H2,1-2H3. The van der Waals surface area contributed by atoms with Crippen molar-refractivity contribution in [2.75, 3.05) is 13.7 Å². The van der Waals surface area contributed by atoms with E-state index in [4.69, 9.17) is 4.74 Å². The van der Waals surface area contributed by atoms with Crippen LogP contribution in [0.25, 0.3) is 11.4 Å². The highest BCUT2D eigenvalue weighted by molar-refractivity contribution is 5.67. The first-order chi connectivity index (χ1) is 12.6. The number of aromatic hydroxyl groups is 1. The van der Waals surface area contributed by atoms with Gasteiger partial charge in [-0.2, -0.15) is 0 Å². The molecule has 7 heteroatoms. The lowest BCUT2D eigenvalue weighted by Crippen LogP contribution is -2.35. The van der Waals surface area contributed by atoms with Crippen LogP contribution in [-0.2, 0) is 18.2 Å². The van der Waals surface area contributed by atoms with E-state index in [0.717, 1.165) is 42.8 Å². The highest BCUT2D eigenvalue weighted by atomic mass is 16.6. The highest BCUT2D eigenvalue weighted by Crippen LogP contribution is 2.24. The number of hydrogen-bond acceptors (Lipinski definition) is 5. The van der Waals surface area contributed by atoms with E-state index < -0.39 is 0 Å². The molecule has 0 radical (unpaired) electrons. The number of ether oxygens (including phenoxy) is 1. The summed E-state index contributed by atoms with van der Waals surface area (Å²) in [7, 11) is 3.76. The molecule has 3 rings (SSSR count). The molecule has 0 unspecified atom stereocenters. The molecule has 1 aliphatic rings. The lowest BCUT2D eigenvalue weighted by atomic mass is 10.1. The molecule has 140 valence electrons. The molecule has 1 amide bonds. The Labute approximate surface area is 153 Å². The number of carbonyl (C=O) groups is 1. The molecule has 1 aliphatic carbocycles. The fourth-order valence-electron chi connectivity index (χ4n) is 3.43. The van der Waals surface area contributed by atoms with Gasteiger partial charge in [-0.1, -0.05) is 12.8 Å². The van der Waals surface area contributed by atoms with Gasteiger partial charge in [0.05, 0.1) is 24.8 Å². The third-order valence-electron chi connectivity index (χ3n) is 4.99. The minimum absolute atomic E-state index is 0.129. The number of aromatic nitrogens is 3. The number of nitrogens with zero attached hydrogens (tertiary/aromatic N) is 4. The topological polar surface area (TPSA) is 80.5 Å². The van der Waals surface area contributed by atoms with E-state index in [1.807, 2.05) is 18.7 Å². The maximum atomic E-state index is 12.1. The molecular weight excluding hydrogens is 332 g/mol. The second-order valence-corrected chi connectivity index (χ2v) is 6.82. The van der Waals surface area contributed by atoms with Crippen LogP contribution in [0.4, 0.5) is 4.79 Å². The van der Waals surface area contributed by atoms with Gasteiger partial charge >= 0.3 is 6.09 Å². The van der Waals surface area contributed by atoms with Gasteiger partial charge in [0.15, 0.2) is 0 Å². The van der Waals surface area contributed by atoms with Crippen molar-refractivity contribution in [1.82, 2.24) is 19.4 Å². The summed E-state index contributed by atoms with van der Waals surface area (Å²) in [4.78, 5) is 22.5. The SMILES string of the molecule is CN(C(=O)OCCCc1c(-c2ccc(O)cn2)ncn1C)C1CCCC1. The van der Waals surface area contributed by atoms with Gasteiger partial charge in [0.2, 0.25) is 0 Å². The number of amides is 1. The van der Waals surface area contributed by atoms with Crippen molar-refractivity contribution < 1.29 is 14.6 Å². The van der Waals surface area contributed by atoms with Crippen molar-refractivity contribution >= 4 is 6.09 Å². The Bertz CT molecular complexity index is 736. The quantitative estimate of drug-likeness (QED) is 0.803. The molecular formula is C19H26N4O3. The summed E-state index contributed by atoms with van der Waals surface area (Å²) in [5.41, 5.74) is 2.54. The van der Waals surface area contributed by atoms with E-state index in [1.165, 1.54) is 19.0 Å². The minimum Gasteiger partial charge on any atom is -0.506 e. The van der Waals surface area contributed by atoms with E-state index >= 15 is 0 Å². The fraction of sp³-hybridized carbons (Fsp3) is 0.526. The number of carbonyl (C=O) groups excluding carboxylic acids is 1. The third-order valence-corrected chi connectivity index (χ3v) is 4.99. The Kier molecular flexibility index (Phi) is 5.75. The molecule has 1 fully saturated rings. The van der Waals surface area contributed by atoms with Gasteiger partial charge in [-0.05, 0) is 37.8 Å². The fourth-order valence-corrected chi connectivity index (χ4v) is 3.43. The first-order valence-corrected chi connectivity index (χ1v) is 9.11. The third kappa shape index (κ3) is 4.15. The normalized spacial score (nSPS) is 14.5. The Hall–Kier alpha value is -2.57. The lowest BCUT2D eigenvalue weighted by Gasteiger charge is -2.23. The van der Waals surface area contributed by atoms with Crippen molar-refractivity contribution in [3.63, 3.8) is 0 Å². The Morgan fingerprint density at radius 1 is 1.35 bits per heavy atom. The molecule has 26 heavy (non-hydrogen) atoms. The molecule has 1 N–H and O–H groups in total. The van der Waals surface area contributed by atoms with E-state index in [0.29, 0.717) is 12.6 Å². The molecule has 2 aromatic rings. The first kappa shape index (κ1) is 18.2. The molecule has 2 aromatic heterocycles. The van der Waals surface area contributed by atoms with Crippen LogP contribution in [0, 0.1) is 0 Å². The number of hydrogen-bond donors (Lipinski definition) is 1. The second kappa shape index (κ2) is 8.21. The van der Waals surface area contributed by atoms with Gasteiger partial charge in [-0.15, -0.1) is 0 Å². The van der Waals surface area contributed by atoms with Crippen LogP contribution in [0.5, 0.6) is 5.75 Å². The van der Waals surface area contributed by atoms with E-state index in [2.05, 4.69) is 9.97 Å². The van der Waals surface area contributed by atoms with E-state index in [1.54, 1.807) is 23.4 Å². The molecule has 0 bridgehead atoms. The van der Waals surface area contributed by atoms with Crippen molar-refractivity contribution in [3.8, 4) is 17.1 Å². The maximum absolute atomic E-state index is 12.1.